The van der Waals surface area contributed by atoms with Crippen molar-refractivity contribution in [1.82, 2.24) is 20.6 Å². The number of hydrazone groups is 1. The van der Waals surface area contributed by atoms with Crippen molar-refractivity contribution in [1.29, 1.82) is 0 Å². The van der Waals surface area contributed by atoms with Gasteiger partial charge in [-0.15, -0.1) is 0 Å². The van der Waals surface area contributed by atoms with Crippen molar-refractivity contribution < 1.29 is 14.7 Å². The predicted octanol–water partition coefficient (Wildman–Crippen LogP) is -0.601. The first-order chi connectivity index (χ1) is 11.5. The third-order valence-electron chi connectivity index (χ3n) is 2.58. The molecule has 0 atom stereocenters. The number of aromatic nitrogens is 3. The minimum Gasteiger partial charge on any atom is -0.478 e. The fraction of sp³-hybridized carbons (Fsp3) is 0.0769. The maximum Gasteiger partial charge on any atom is 0.342 e. The van der Waals surface area contributed by atoms with Crippen molar-refractivity contribution >= 4 is 29.9 Å². The number of carboxylic acid groups (broad SMARTS) is 1. The van der Waals surface area contributed by atoms with Gasteiger partial charge in [0.25, 0.3) is 5.56 Å². The van der Waals surface area contributed by atoms with E-state index in [-0.39, 0.29) is 16.3 Å². The molecule has 1 heterocycles. The summed E-state index contributed by atoms with van der Waals surface area (Å²) in [5, 5.41) is 18.0. The van der Waals surface area contributed by atoms with E-state index in [0.29, 0.717) is 5.56 Å². The molecule has 4 N–H and O–H groups in total. The Morgan fingerprint density at radius 2 is 2.00 bits per heavy atom. The first kappa shape index (κ1) is 17.1. The zero-order valence-corrected chi connectivity index (χ0v) is 12.8. The molecular weight excluding hydrogens is 338 g/mol. The molecule has 1 aromatic carbocycles. The number of rotatable bonds is 6. The second kappa shape index (κ2) is 7.87. The summed E-state index contributed by atoms with van der Waals surface area (Å²) in [5.74, 6) is -1.64. The Morgan fingerprint density at radius 3 is 2.62 bits per heavy atom. The van der Waals surface area contributed by atoms with Crippen molar-refractivity contribution in [2.24, 2.45) is 5.10 Å². The van der Waals surface area contributed by atoms with Gasteiger partial charge in [0.1, 0.15) is 0 Å². The van der Waals surface area contributed by atoms with Crippen molar-refractivity contribution in [3.63, 3.8) is 0 Å². The number of nitrogens with zero attached hydrogens (tertiary/aromatic N) is 2. The summed E-state index contributed by atoms with van der Waals surface area (Å²) in [6.45, 7) is 0. The van der Waals surface area contributed by atoms with Gasteiger partial charge in [-0.1, -0.05) is 23.9 Å². The number of carbonyl (C=O) groups excluding carboxylic acids is 1. The number of H-pyrrole nitrogens is 2. The van der Waals surface area contributed by atoms with Crippen LogP contribution in [0.4, 0.5) is 0 Å². The lowest BCUT2D eigenvalue weighted by Crippen LogP contribution is -2.26. The molecule has 1 amide bonds. The fourth-order valence-electron chi connectivity index (χ4n) is 1.49. The number of benzene rings is 1. The van der Waals surface area contributed by atoms with Gasteiger partial charge in [0.15, 0.2) is 5.03 Å². The van der Waals surface area contributed by atoms with Gasteiger partial charge in [-0.3, -0.25) is 14.6 Å². The van der Waals surface area contributed by atoms with E-state index < -0.39 is 23.1 Å². The number of amides is 1. The number of aromatic carboxylic acids is 1. The lowest BCUT2D eigenvalue weighted by atomic mass is 10.1. The molecule has 10 nitrogen and oxygen atoms in total. The molecule has 0 aliphatic carbocycles. The number of aromatic amines is 2. The highest BCUT2D eigenvalue weighted by molar-refractivity contribution is 7.99. The van der Waals surface area contributed by atoms with E-state index in [1.807, 2.05) is 4.98 Å². The number of hydrogen-bond acceptors (Lipinski definition) is 7. The van der Waals surface area contributed by atoms with Crippen LogP contribution in [0.15, 0.2) is 44.0 Å². The Morgan fingerprint density at radius 1 is 1.29 bits per heavy atom. The van der Waals surface area contributed by atoms with Gasteiger partial charge in [-0.25, -0.2) is 20.1 Å². The van der Waals surface area contributed by atoms with Crippen LogP contribution in [0.2, 0.25) is 0 Å². The first-order valence-electron chi connectivity index (χ1n) is 6.43. The average molecular weight is 349 g/mol. The lowest BCUT2D eigenvalue weighted by molar-refractivity contribution is -0.118. The van der Waals surface area contributed by atoms with Gasteiger partial charge in [-0.05, 0) is 17.7 Å². The molecule has 2 rings (SSSR count). The number of nitrogens with one attached hydrogen (secondary N) is 3. The first-order valence-corrected chi connectivity index (χ1v) is 7.41. The Balaban J connectivity index is 1.85. The van der Waals surface area contributed by atoms with Crippen LogP contribution < -0.4 is 16.7 Å². The van der Waals surface area contributed by atoms with Crippen molar-refractivity contribution in [3.05, 3.63) is 56.2 Å². The van der Waals surface area contributed by atoms with Crippen LogP contribution in [0.3, 0.4) is 0 Å². The highest BCUT2D eigenvalue weighted by Gasteiger charge is 2.07. The second-order valence-electron chi connectivity index (χ2n) is 4.32. The molecule has 0 saturated carbocycles. The number of thioether (sulfide) groups is 1. The molecule has 1 aromatic heterocycles. The normalized spacial score (nSPS) is 10.7. The largest absolute Gasteiger partial charge is 0.478 e. The molecule has 0 aliphatic rings. The minimum absolute atomic E-state index is 0.0435. The minimum atomic E-state index is -1.03. The average Bonchev–Trinajstić information content (AvgIpc) is 2.54. The quantitative estimate of drug-likeness (QED) is 0.308. The molecule has 0 unspecified atom stereocenters. The molecule has 0 bridgehead atoms. The van der Waals surface area contributed by atoms with Crippen molar-refractivity contribution in [3.8, 4) is 0 Å². The fourth-order valence-corrected chi connectivity index (χ4v) is 2.12. The van der Waals surface area contributed by atoms with Crippen LogP contribution in [0.25, 0.3) is 0 Å². The molecule has 0 saturated heterocycles. The summed E-state index contributed by atoms with van der Waals surface area (Å²) >= 11 is 0.839. The number of hydrogen-bond donors (Lipinski definition) is 4. The van der Waals surface area contributed by atoms with Gasteiger partial charge in [0.2, 0.25) is 5.91 Å². The summed E-state index contributed by atoms with van der Waals surface area (Å²) in [4.78, 5) is 46.5. The Kier molecular flexibility index (Phi) is 5.63. The van der Waals surface area contributed by atoms with Crippen LogP contribution in [0, 0.1) is 0 Å². The summed E-state index contributed by atoms with van der Waals surface area (Å²) in [5.41, 5.74) is 1.59. The van der Waals surface area contributed by atoms with E-state index in [4.69, 9.17) is 5.11 Å². The topological polar surface area (TPSA) is 157 Å². The summed E-state index contributed by atoms with van der Waals surface area (Å²) in [6, 6.07) is 5.90. The van der Waals surface area contributed by atoms with E-state index >= 15 is 0 Å². The zero-order valence-electron chi connectivity index (χ0n) is 12.0. The summed E-state index contributed by atoms with van der Waals surface area (Å²) < 4.78 is 0. The van der Waals surface area contributed by atoms with Crippen molar-refractivity contribution in [2.45, 2.75) is 5.03 Å². The third kappa shape index (κ3) is 4.91. The molecule has 2 aromatic rings. The molecule has 124 valence electrons. The molecule has 0 aliphatic heterocycles. The maximum absolute atomic E-state index is 11.6. The summed E-state index contributed by atoms with van der Waals surface area (Å²) in [6.07, 6.45) is 1.35. The Labute approximate surface area is 138 Å². The zero-order chi connectivity index (χ0) is 17.5. The number of carbonyl (C=O) groups is 2. The van der Waals surface area contributed by atoms with Gasteiger partial charge in [-0.2, -0.15) is 10.2 Å². The molecule has 0 fully saturated rings. The third-order valence-corrected chi connectivity index (χ3v) is 3.54. The van der Waals surface area contributed by atoms with Crippen LogP contribution in [0.5, 0.6) is 0 Å². The molecule has 24 heavy (non-hydrogen) atoms. The van der Waals surface area contributed by atoms with E-state index in [1.165, 1.54) is 30.5 Å². The molecule has 0 radical (unpaired) electrons. The standard InChI is InChI=1S/C13H11N5O5S/c19-9(6-24-11-10(20)15-13(23)18-17-11)16-14-5-7-1-3-8(4-2-7)12(21)22/h1-5H,6H2,(H,16,19)(H,21,22)(H2,15,18,20,23). The van der Waals surface area contributed by atoms with E-state index in [9.17, 15) is 19.2 Å². The smallest absolute Gasteiger partial charge is 0.342 e. The van der Waals surface area contributed by atoms with E-state index in [0.717, 1.165) is 11.8 Å². The number of carboxylic acids is 1. The van der Waals surface area contributed by atoms with Crippen LogP contribution in [-0.4, -0.2) is 44.1 Å². The van der Waals surface area contributed by atoms with Gasteiger partial charge in [0.05, 0.1) is 17.5 Å². The monoisotopic (exact) mass is 349 g/mol. The maximum atomic E-state index is 11.6. The summed E-state index contributed by atoms with van der Waals surface area (Å²) in [7, 11) is 0. The van der Waals surface area contributed by atoms with Gasteiger partial charge >= 0.3 is 11.7 Å². The van der Waals surface area contributed by atoms with Gasteiger partial charge in [0, 0.05) is 0 Å². The van der Waals surface area contributed by atoms with E-state index in [1.54, 1.807) is 0 Å². The highest BCUT2D eigenvalue weighted by Crippen LogP contribution is 2.07. The molecular formula is C13H11N5O5S. The van der Waals surface area contributed by atoms with Crippen LogP contribution in [0.1, 0.15) is 15.9 Å². The van der Waals surface area contributed by atoms with Crippen LogP contribution in [-0.2, 0) is 4.79 Å². The van der Waals surface area contributed by atoms with Gasteiger partial charge < -0.3 is 5.11 Å². The van der Waals surface area contributed by atoms with Crippen molar-refractivity contribution in [2.75, 3.05) is 5.75 Å². The second-order valence-corrected chi connectivity index (χ2v) is 5.29. The predicted molar refractivity (Wildman–Crippen MR) is 85.3 cm³/mol. The SMILES string of the molecule is O=C(CSc1n[nH]c(=O)[nH]c1=O)NN=Cc1ccc(C(=O)O)cc1. The van der Waals surface area contributed by atoms with E-state index in [2.05, 4.69) is 20.7 Å². The van der Waals surface area contributed by atoms with Crippen LogP contribution >= 0.6 is 11.8 Å². The Bertz CT molecular complexity index is 887. The lowest BCUT2D eigenvalue weighted by Gasteiger charge is -1.99. The Hall–Kier alpha value is -3.21. The highest BCUT2D eigenvalue weighted by atomic mass is 32.2. The molecule has 0 spiro atoms. The molecule has 11 heteroatoms.